The molecule has 0 spiro atoms. The maximum absolute atomic E-state index is 12.8. The predicted octanol–water partition coefficient (Wildman–Crippen LogP) is 3.64. The number of hydrogen-bond acceptors (Lipinski definition) is 3. The van der Waals surface area contributed by atoms with Gasteiger partial charge in [0.25, 0.3) is 0 Å². The molecule has 0 saturated carbocycles. The van der Waals surface area contributed by atoms with Crippen molar-refractivity contribution in [2.24, 2.45) is 11.7 Å². The van der Waals surface area contributed by atoms with Crippen LogP contribution in [0.5, 0.6) is 5.75 Å². The molecule has 2 aromatic carbocycles. The lowest BCUT2D eigenvalue weighted by Gasteiger charge is -2.20. The van der Waals surface area contributed by atoms with Crippen LogP contribution < -0.4 is 10.5 Å². The standard InChI is InChI=1S/C22H28N2O2.ClH/c1-16(12-18-10-6-7-11-21(18)26-2)13-22(25)24-14-19(20(23)15-24)17-8-4-3-5-9-17;/h3-11,16,19-20H,12-15,23H2,1-2H3;1H/t16?,19-,20+;/m0./s1. The third-order valence-electron chi connectivity index (χ3n) is 5.23. The monoisotopic (exact) mass is 388 g/mol. The molecule has 146 valence electrons. The average Bonchev–Trinajstić information content (AvgIpc) is 3.05. The number of para-hydroxylation sites is 1. The van der Waals surface area contributed by atoms with Gasteiger partial charge in [-0.1, -0.05) is 55.5 Å². The Hall–Kier alpha value is -2.04. The summed E-state index contributed by atoms with van der Waals surface area (Å²) in [5.41, 5.74) is 8.69. The van der Waals surface area contributed by atoms with Crippen molar-refractivity contribution in [2.75, 3.05) is 20.2 Å². The van der Waals surface area contributed by atoms with E-state index in [9.17, 15) is 4.79 Å². The van der Waals surface area contributed by atoms with E-state index in [0.717, 1.165) is 17.7 Å². The molecule has 2 N–H and O–H groups in total. The van der Waals surface area contributed by atoms with Gasteiger partial charge in [-0.3, -0.25) is 4.79 Å². The fourth-order valence-corrected chi connectivity index (χ4v) is 3.83. The van der Waals surface area contributed by atoms with Crippen molar-refractivity contribution < 1.29 is 9.53 Å². The number of ether oxygens (including phenoxy) is 1. The minimum absolute atomic E-state index is 0. The van der Waals surface area contributed by atoms with E-state index in [0.29, 0.717) is 19.5 Å². The molecule has 1 aliphatic rings. The number of methoxy groups -OCH3 is 1. The molecule has 4 nitrogen and oxygen atoms in total. The molecule has 1 amide bonds. The lowest BCUT2D eigenvalue weighted by Crippen LogP contribution is -2.33. The summed E-state index contributed by atoms with van der Waals surface area (Å²) < 4.78 is 5.42. The first-order chi connectivity index (χ1) is 12.6. The summed E-state index contributed by atoms with van der Waals surface area (Å²) in [6, 6.07) is 18.3. The van der Waals surface area contributed by atoms with Gasteiger partial charge in [-0.05, 0) is 29.5 Å². The quantitative estimate of drug-likeness (QED) is 0.821. The molecule has 3 rings (SSSR count). The number of likely N-dealkylation sites (tertiary alicyclic amines) is 1. The van der Waals surface area contributed by atoms with Crippen LogP contribution in [0, 0.1) is 5.92 Å². The Morgan fingerprint density at radius 1 is 1.15 bits per heavy atom. The van der Waals surface area contributed by atoms with Gasteiger partial charge >= 0.3 is 0 Å². The zero-order valence-corrected chi connectivity index (χ0v) is 16.8. The summed E-state index contributed by atoms with van der Waals surface area (Å²) in [5, 5.41) is 0. The number of nitrogens with two attached hydrogens (primary N) is 1. The molecule has 27 heavy (non-hydrogen) atoms. The number of carbonyl (C=O) groups excluding carboxylic acids is 1. The third-order valence-corrected chi connectivity index (χ3v) is 5.23. The fraction of sp³-hybridized carbons (Fsp3) is 0.409. The number of hydrogen-bond donors (Lipinski definition) is 1. The molecule has 0 bridgehead atoms. The Labute approximate surface area is 168 Å². The lowest BCUT2D eigenvalue weighted by atomic mass is 9.95. The summed E-state index contributed by atoms with van der Waals surface area (Å²) in [6.07, 6.45) is 1.37. The Kier molecular flexibility index (Phi) is 7.69. The van der Waals surface area contributed by atoms with Crippen molar-refractivity contribution in [3.8, 4) is 5.75 Å². The first-order valence-corrected chi connectivity index (χ1v) is 9.28. The number of amides is 1. The topological polar surface area (TPSA) is 55.6 Å². The lowest BCUT2D eigenvalue weighted by molar-refractivity contribution is -0.131. The second kappa shape index (κ2) is 9.77. The second-order valence-electron chi connectivity index (χ2n) is 7.31. The van der Waals surface area contributed by atoms with E-state index in [2.05, 4.69) is 25.1 Å². The fourth-order valence-electron chi connectivity index (χ4n) is 3.83. The molecule has 1 heterocycles. The number of rotatable bonds is 6. The maximum atomic E-state index is 12.8. The molecule has 1 unspecified atom stereocenters. The van der Waals surface area contributed by atoms with Gasteiger partial charge in [-0.15, -0.1) is 12.4 Å². The maximum Gasteiger partial charge on any atom is 0.222 e. The van der Waals surface area contributed by atoms with Crippen molar-refractivity contribution in [3.05, 3.63) is 65.7 Å². The number of benzene rings is 2. The van der Waals surface area contributed by atoms with Gasteiger partial charge in [-0.25, -0.2) is 0 Å². The van der Waals surface area contributed by atoms with Crippen LogP contribution in [-0.2, 0) is 11.2 Å². The Morgan fingerprint density at radius 3 is 2.52 bits per heavy atom. The van der Waals surface area contributed by atoms with E-state index in [-0.39, 0.29) is 36.2 Å². The van der Waals surface area contributed by atoms with Crippen molar-refractivity contribution in [1.82, 2.24) is 4.90 Å². The third kappa shape index (κ3) is 5.24. The van der Waals surface area contributed by atoms with Gasteiger partial charge in [-0.2, -0.15) is 0 Å². The zero-order valence-electron chi connectivity index (χ0n) is 16.0. The van der Waals surface area contributed by atoms with Crippen LogP contribution in [-0.4, -0.2) is 37.0 Å². The molecular formula is C22H29ClN2O2. The normalized spacial score (nSPS) is 20.0. The van der Waals surface area contributed by atoms with E-state index in [1.54, 1.807) is 7.11 Å². The highest BCUT2D eigenvalue weighted by atomic mass is 35.5. The first kappa shape index (κ1) is 21.3. The Balaban J connectivity index is 0.00000261. The van der Waals surface area contributed by atoms with Gasteiger partial charge in [0.15, 0.2) is 0 Å². The van der Waals surface area contributed by atoms with Crippen LogP contribution in [0.25, 0.3) is 0 Å². The predicted molar refractivity (Wildman–Crippen MR) is 111 cm³/mol. The van der Waals surface area contributed by atoms with Crippen molar-refractivity contribution in [2.45, 2.75) is 31.7 Å². The summed E-state index contributed by atoms with van der Waals surface area (Å²) in [4.78, 5) is 14.7. The molecular weight excluding hydrogens is 360 g/mol. The summed E-state index contributed by atoms with van der Waals surface area (Å²) in [5.74, 6) is 1.57. The highest BCUT2D eigenvalue weighted by molar-refractivity contribution is 5.85. The molecule has 0 aliphatic carbocycles. The van der Waals surface area contributed by atoms with Crippen LogP contribution in [0.1, 0.15) is 30.4 Å². The van der Waals surface area contributed by atoms with Crippen LogP contribution in [0.3, 0.4) is 0 Å². The molecule has 0 radical (unpaired) electrons. The molecule has 1 fully saturated rings. The van der Waals surface area contributed by atoms with E-state index < -0.39 is 0 Å². The Morgan fingerprint density at radius 2 is 1.81 bits per heavy atom. The van der Waals surface area contributed by atoms with Crippen molar-refractivity contribution >= 4 is 18.3 Å². The van der Waals surface area contributed by atoms with Crippen LogP contribution in [0.15, 0.2) is 54.6 Å². The molecule has 1 aliphatic heterocycles. The van der Waals surface area contributed by atoms with E-state index >= 15 is 0 Å². The van der Waals surface area contributed by atoms with Crippen LogP contribution in [0.4, 0.5) is 0 Å². The summed E-state index contributed by atoms with van der Waals surface area (Å²) >= 11 is 0. The molecule has 1 saturated heterocycles. The van der Waals surface area contributed by atoms with E-state index in [1.807, 2.05) is 41.3 Å². The van der Waals surface area contributed by atoms with Crippen molar-refractivity contribution in [3.63, 3.8) is 0 Å². The van der Waals surface area contributed by atoms with Gasteiger partial charge in [0, 0.05) is 31.5 Å². The van der Waals surface area contributed by atoms with Gasteiger partial charge in [0.05, 0.1) is 7.11 Å². The minimum atomic E-state index is 0. The molecule has 5 heteroatoms. The smallest absolute Gasteiger partial charge is 0.222 e. The minimum Gasteiger partial charge on any atom is -0.496 e. The average molecular weight is 389 g/mol. The summed E-state index contributed by atoms with van der Waals surface area (Å²) in [7, 11) is 1.68. The number of carbonyl (C=O) groups is 1. The summed E-state index contributed by atoms with van der Waals surface area (Å²) in [6.45, 7) is 3.47. The van der Waals surface area contributed by atoms with Crippen LogP contribution in [0.2, 0.25) is 0 Å². The first-order valence-electron chi connectivity index (χ1n) is 9.28. The molecule has 3 atom stereocenters. The second-order valence-corrected chi connectivity index (χ2v) is 7.31. The molecule has 0 aromatic heterocycles. The largest absolute Gasteiger partial charge is 0.496 e. The van der Waals surface area contributed by atoms with Gasteiger partial charge < -0.3 is 15.4 Å². The highest BCUT2D eigenvalue weighted by Crippen LogP contribution is 2.28. The van der Waals surface area contributed by atoms with Gasteiger partial charge in [0.2, 0.25) is 5.91 Å². The Bertz CT molecular complexity index is 738. The molecule has 2 aromatic rings. The number of halogens is 1. The van der Waals surface area contributed by atoms with Crippen LogP contribution >= 0.6 is 12.4 Å². The van der Waals surface area contributed by atoms with Gasteiger partial charge in [0.1, 0.15) is 5.75 Å². The number of nitrogens with zero attached hydrogens (tertiary/aromatic N) is 1. The van der Waals surface area contributed by atoms with E-state index in [1.165, 1.54) is 5.56 Å². The zero-order chi connectivity index (χ0) is 18.5. The van der Waals surface area contributed by atoms with Crippen molar-refractivity contribution in [1.29, 1.82) is 0 Å². The highest BCUT2D eigenvalue weighted by Gasteiger charge is 2.34. The SMILES string of the molecule is COc1ccccc1CC(C)CC(=O)N1C[C@@H](N)[C@H](c2ccccc2)C1.Cl. The van der Waals surface area contributed by atoms with E-state index in [4.69, 9.17) is 10.5 Å².